The van der Waals surface area contributed by atoms with Crippen molar-refractivity contribution in [2.45, 2.75) is 37.6 Å². The summed E-state index contributed by atoms with van der Waals surface area (Å²) in [5, 5.41) is 3.06. The summed E-state index contributed by atoms with van der Waals surface area (Å²) in [5.74, 6) is 0.467. The Labute approximate surface area is 172 Å². The van der Waals surface area contributed by atoms with Crippen LogP contribution in [0.4, 0.5) is 0 Å². The van der Waals surface area contributed by atoms with Crippen molar-refractivity contribution in [1.29, 1.82) is 0 Å². The second-order valence-corrected chi connectivity index (χ2v) is 9.28. The lowest BCUT2D eigenvalue weighted by Gasteiger charge is -2.31. The second-order valence-electron chi connectivity index (χ2n) is 7.34. The lowest BCUT2D eigenvalue weighted by atomic mass is 9.96. The van der Waals surface area contributed by atoms with Crippen LogP contribution in [0, 0.1) is 12.8 Å². The lowest BCUT2D eigenvalue weighted by Crippen LogP contribution is -2.43. The zero-order chi connectivity index (χ0) is 21.0. The maximum Gasteiger partial charge on any atom is 0.244 e. The summed E-state index contributed by atoms with van der Waals surface area (Å²) in [6.45, 7) is 4.56. The minimum atomic E-state index is -3.57. The van der Waals surface area contributed by atoms with Crippen molar-refractivity contribution in [2.75, 3.05) is 20.2 Å². The second kappa shape index (κ2) is 8.92. The molecule has 0 radical (unpaired) electrons. The number of methoxy groups -OCH3 is 1. The van der Waals surface area contributed by atoms with Crippen LogP contribution in [0.3, 0.4) is 0 Å². The zero-order valence-corrected chi connectivity index (χ0v) is 17.8. The number of piperidine rings is 1. The Morgan fingerprint density at radius 3 is 2.62 bits per heavy atom. The number of pyridine rings is 1. The van der Waals surface area contributed by atoms with Gasteiger partial charge in [0.1, 0.15) is 10.6 Å². The van der Waals surface area contributed by atoms with Gasteiger partial charge in [0.2, 0.25) is 15.9 Å². The van der Waals surface area contributed by atoms with Gasteiger partial charge in [0.05, 0.1) is 13.2 Å². The highest BCUT2D eigenvalue weighted by atomic mass is 32.2. The van der Waals surface area contributed by atoms with Gasteiger partial charge in [-0.3, -0.25) is 9.78 Å². The average molecular weight is 418 g/mol. The monoisotopic (exact) mass is 417 g/mol. The van der Waals surface area contributed by atoms with Crippen molar-refractivity contribution >= 4 is 15.9 Å². The molecule has 0 saturated carbocycles. The maximum atomic E-state index is 12.8. The molecular formula is C21H27N3O4S. The predicted molar refractivity (Wildman–Crippen MR) is 110 cm³/mol. The molecule has 1 aliphatic heterocycles. The average Bonchev–Trinajstić information content (AvgIpc) is 2.74. The molecule has 1 N–H and O–H groups in total. The molecule has 8 heteroatoms. The highest BCUT2D eigenvalue weighted by molar-refractivity contribution is 7.89. The van der Waals surface area contributed by atoms with Crippen LogP contribution < -0.4 is 10.1 Å². The summed E-state index contributed by atoms with van der Waals surface area (Å²) < 4.78 is 32.2. The molecule has 1 amide bonds. The van der Waals surface area contributed by atoms with Gasteiger partial charge < -0.3 is 10.1 Å². The number of nitrogens with zero attached hydrogens (tertiary/aromatic N) is 2. The molecule has 156 valence electrons. The van der Waals surface area contributed by atoms with E-state index in [-0.39, 0.29) is 22.8 Å². The third kappa shape index (κ3) is 4.76. The highest BCUT2D eigenvalue weighted by Gasteiger charge is 2.32. The molecule has 1 aliphatic rings. The Kier molecular flexibility index (Phi) is 6.54. The van der Waals surface area contributed by atoms with E-state index in [1.807, 2.05) is 32.0 Å². The van der Waals surface area contributed by atoms with Gasteiger partial charge in [-0.25, -0.2) is 8.42 Å². The van der Waals surface area contributed by atoms with E-state index in [2.05, 4.69) is 10.3 Å². The number of aryl methyl sites for hydroxylation is 1. The Morgan fingerprint density at radius 1 is 1.28 bits per heavy atom. The van der Waals surface area contributed by atoms with Crippen molar-refractivity contribution in [3.63, 3.8) is 0 Å². The zero-order valence-electron chi connectivity index (χ0n) is 17.0. The summed E-state index contributed by atoms with van der Waals surface area (Å²) in [4.78, 5) is 16.8. The number of amides is 1. The van der Waals surface area contributed by atoms with E-state index in [4.69, 9.17) is 4.74 Å². The van der Waals surface area contributed by atoms with Gasteiger partial charge in [-0.05, 0) is 44.9 Å². The first-order valence-electron chi connectivity index (χ1n) is 9.68. The fourth-order valence-corrected chi connectivity index (χ4v) is 5.04. The molecule has 7 nitrogen and oxygen atoms in total. The molecule has 3 rings (SSSR count). The largest absolute Gasteiger partial charge is 0.496 e. The molecule has 1 fully saturated rings. The van der Waals surface area contributed by atoms with Gasteiger partial charge in [-0.1, -0.05) is 17.7 Å². The van der Waals surface area contributed by atoms with E-state index in [9.17, 15) is 13.2 Å². The van der Waals surface area contributed by atoms with Gasteiger partial charge in [-0.2, -0.15) is 4.31 Å². The third-order valence-corrected chi connectivity index (χ3v) is 7.19. The quantitative estimate of drug-likeness (QED) is 0.781. The van der Waals surface area contributed by atoms with Crippen LogP contribution >= 0.6 is 0 Å². The number of rotatable bonds is 6. The number of benzene rings is 1. The van der Waals surface area contributed by atoms with E-state index in [1.165, 1.54) is 16.6 Å². The van der Waals surface area contributed by atoms with Crippen LogP contribution in [-0.2, 0) is 14.8 Å². The normalized spacial score (nSPS) is 16.9. The fraction of sp³-hybridized carbons (Fsp3) is 0.429. The topological polar surface area (TPSA) is 88.6 Å². The van der Waals surface area contributed by atoms with Gasteiger partial charge in [0.25, 0.3) is 0 Å². The van der Waals surface area contributed by atoms with Crippen LogP contribution in [0.5, 0.6) is 5.75 Å². The Balaban J connectivity index is 1.61. The molecule has 1 saturated heterocycles. The van der Waals surface area contributed by atoms with Crippen molar-refractivity contribution in [3.8, 4) is 5.75 Å². The summed E-state index contributed by atoms with van der Waals surface area (Å²) in [5.41, 5.74) is 2.02. The molecule has 1 aromatic carbocycles. The molecule has 0 bridgehead atoms. The third-order valence-electron chi connectivity index (χ3n) is 5.31. The molecule has 29 heavy (non-hydrogen) atoms. The van der Waals surface area contributed by atoms with E-state index in [1.54, 1.807) is 19.4 Å². The van der Waals surface area contributed by atoms with Gasteiger partial charge >= 0.3 is 0 Å². The molecular weight excluding hydrogens is 390 g/mol. The number of hydrogen-bond acceptors (Lipinski definition) is 5. The molecule has 2 aromatic rings. The van der Waals surface area contributed by atoms with Crippen molar-refractivity contribution < 1.29 is 17.9 Å². The lowest BCUT2D eigenvalue weighted by molar-refractivity contribution is -0.126. The summed E-state index contributed by atoms with van der Waals surface area (Å²) in [7, 11) is -1.96. The maximum absolute atomic E-state index is 12.8. The van der Waals surface area contributed by atoms with Crippen LogP contribution in [0.1, 0.15) is 36.9 Å². The minimum Gasteiger partial charge on any atom is -0.496 e. The van der Waals surface area contributed by atoms with Crippen molar-refractivity contribution in [2.24, 2.45) is 5.92 Å². The first-order chi connectivity index (χ1) is 13.8. The first-order valence-corrected chi connectivity index (χ1v) is 11.1. The number of nitrogens with one attached hydrogen (secondary N) is 1. The molecule has 1 aromatic heterocycles. The van der Waals surface area contributed by atoms with E-state index >= 15 is 0 Å². The van der Waals surface area contributed by atoms with E-state index in [0.29, 0.717) is 25.9 Å². The molecule has 1 atom stereocenters. The predicted octanol–water partition coefficient (Wildman–Crippen LogP) is 2.68. The van der Waals surface area contributed by atoms with Gasteiger partial charge in [-0.15, -0.1) is 0 Å². The number of carbonyl (C=O) groups is 1. The minimum absolute atomic E-state index is 0.0560. The number of aromatic nitrogens is 1. The number of sulfonamides is 1. The van der Waals surface area contributed by atoms with Crippen molar-refractivity contribution in [1.82, 2.24) is 14.6 Å². The van der Waals surface area contributed by atoms with Crippen LogP contribution in [-0.4, -0.2) is 43.8 Å². The number of carbonyl (C=O) groups excluding carboxylic acids is 1. The van der Waals surface area contributed by atoms with Gasteiger partial charge in [0.15, 0.2) is 0 Å². The summed E-state index contributed by atoms with van der Waals surface area (Å²) >= 11 is 0. The number of hydrogen-bond donors (Lipinski definition) is 1. The number of ether oxygens (including phenoxy) is 1. The Morgan fingerprint density at radius 2 is 2.00 bits per heavy atom. The van der Waals surface area contributed by atoms with Crippen LogP contribution in [0.25, 0.3) is 0 Å². The SMILES string of the molecule is COc1ccc(C)cc1C(C)NC(=O)C1CCN(S(=O)(=O)c2cccnc2)CC1. The summed E-state index contributed by atoms with van der Waals surface area (Å²) in [6.07, 6.45) is 3.87. The van der Waals surface area contributed by atoms with E-state index < -0.39 is 10.0 Å². The highest BCUT2D eigenvalue weighted by Crippen LogP contribution is 2.28. The first kappa shape index (κ1) is 21.3. The van der Waals surface area contributed by atoms with Gasteiger partial charge in [0, 0.05) is 37.0 Å². The molecule has 1 unspecified atom stereocenters. The Bertz CT molecular complexity index is 955. The summed E-state index contributed by atoms with van der Waals surface area (Å²) in [6, 6.07) is 8.82. The molecule has 2 heterocycles. The standard InChI is InChI=1S/C21H27N3O4S/c1-15-6-7-20(28-3)19(13-15)16(2)23-21(25)17-8-11-24(12-9-17)29(26,27)18-5-4-10-22-14-18/h4-7,10,13-14,16-17H,8-9,11-12H2,1-3H3,(H,23,25). The van der Waals surface area contributed by atoms with E-state index in [0.717, 1.165) is 16.9 Å². The van der Waals surface area contributed by atoms with Crippen LogP contribution in [0.15, 0.2) is 47.6 Å². The Hall–Kier alpha value is -2.45. The van der Waals surface area contributed by atoms with Crippen molar-refractivity contribution in [3.05, 3.63) is 53.9 Å². The molecule has 0 spiro atoms. The smallest absolute Gasteiger partial charge is 0.244 e. The van der Waals surface area contributed by atoms with Crippen LogP contribution in [0.2, 0.25) is 0 Å². The molecule has 0 aliphatic carbocycles. The fourth-order valence-electron chi connectivity index (χ4n) is 3.61.